The van der Waals surface area contributed by atoms with Crippen molar-refractivity contribution in [1.29, 1.82) is 0 Å². The molecule has 3 fully saturated rings. The lowest BCUT2D eigenvalue weighted by Crippen LogP contribution is -2.62. The summed E-state index contributed by atoms with van der Waals surface area (Å²) in [5.74, 6) is -2.19. The summed E-state index contributed by atoms with van der Waals surface area (Å²) in [5.41, 5.74) is -2.39. The molecular weight excluding hydrogens is 446 g/mol. The molecule has 2 bridgehead atoms. The van der Waals surface area contributed by atoms with Gasteiger partial charge < -0.3 is 25.4 Å². The van der Waals surface area contributed by atoms with Crippen LogP contribution in [0.4, 0.5) is 0 Å². The SMILES string of the molecule is CCCNC(=O)[C@@H]1[C@H]2C(=O)N([C@@H](CO)C(C)C)C(C(=O)NC(C)(C)CC(C)(C)C)C23CC[C@@]1(C)O3. The van der Waals surface area contributed by atoms with Crippen LogP contribution >= 0.6 is 0 Å². The Labute approximate surface area is 210 Å². The van der Waals surface area contributed by atoms with Crippen molar-refractivity contribution in [2.75, 3.05) is 13.2 Å². The Bertz CT molecular complexity index is 850. The van der Waals surface area contributed by atoms with Crippen LogP contribution in [0.25, 0.3) is 0 Å². The van der Waals surface area contributed by atoms with Crippen molar-refractivity contribution in [2.24, 2.45) is 23.2 Å². The van der Waals surface area contributed by atoms with E-state index in [1.54, 1.807) is 4.90 Å². The molecule has 0 aliphatic carbocycles. The number of carbonyl (C=O) groups is 3. The number of nitrogens with zero attached hydrogens (tertiary/aromatic N) is 1. The Morgan fingerprint density at radius 3 is 2.31 bits per heavy atom. The maximum absolute atomic E-state index is 14.1. The number of nitrogens with one attached hydrogen (secondary N) is 2. The third-order valence-electron chi connectivity index (χ3n) is 8.04. The smallest absolute Gasteiger partial charge is 0.246 e. The average molecular weight is 494 g/mol. The highest BCUT2D eigenvalue weighted by molar-refractivity contribution is 5.99. The number of hydrogen-bond acceptors (Lipinski definition) is 5. The quantitative estimate of drug-likeness (QED) is 0.458. The van der Waals surface area contributed by atoms with E-state index in [1.165, 1.54) is 0 Å². The first-order valence-corrected chi connectivity index (χ1v) is 13.3. The third kappa shape index (κ3) is 4.85. The highest BCUT2D eigenvalue weighted by Crippen LogP contribution is 2.63. The van der Waals surface area contributed by atoms with E-state index in [0.717, 1.165) is 12.8 Å². The summed E-state index contributed by atoms with van der Waals surface area (Å²) in [6.45, 7) is 18.4. The Kier molecular flexibility index (Phi) is 7.44. The number of amides is 3. The molecule has 8 nitrogen and oxygen atoms in total. The first kappa shape index (κ1) is 27.9. The predicted molar refractivity (Wildman–Crippen MR) is 134 cm³/mol. The minimum atomic E-state index is -1.08. The topological polar surface area (TPSA) is 108 Å². The minimum absolute atomic E-state index is 0.00734. The van der Waals surface area contributed by atoms with Crippen LogP contribution < -0.4 is 10.6 Å². The summed E-state index contributed by atoms with van der Waals surface area (Å²) in [6.07, 6.45) is 2.67. The van der Waals surface area contributed by atoms with E-state index in [1.807, 2.05) is 41.5 Å². The second-order valence-corrected chi connectivity index (χ2v) is 13.4. The summed E-state index contributed by atoms with van der Waals surface area (Å²) in [7, 11) is 0. The second-order valence-electron chi connectivity index (χ2n) is 13.4. The van der Waals surface area contributed by atoms with Gasteiger partial charge in [0.1, 0.15) is 11.6 Å². The van der Waals surface area contributed by atoms with Crippen molar-refractivity contribution in [1.82, 2.24) is 15.5 Å². The summed E-state index contributed by atoms with van der Waals surface area (Å²) in [4.78, 5) is 43.0. The van der Waals surface area contributed by atoms with Crippen LogP contribution in [0.2, 0.25) is 0 Å². The van der Waals surface area contributed by atoms with E-state index < -0.39 is 40.7 Å². The van der Waals surface area contributed by atoms with Crippen molar-refractivity contribution in [3.63, 3.8) is 0 Å². The van der Waals surface area contributed by atoms with E-state index >= 15 is 0 Å². The fraction of sp³-hybridized carbons (Fsp3) is 0.889. The van der Waals surface area contributed by atoms with Crippen LogP contribution in [-0.2, 0) is 19.1 Å². The molecule has 3 amide bonds. The number of likely N-dealkylation sites (tertiary alicyclic amines) is 1. The van der Waals surface area contributed by atoms with E-state index in [4.69, 9.17) is 4.74 Å². The van der Waals surface area contributed by atoms with Crippen LogP contribution in [0.1, 0.15) is 88.0 Å². The summed E-state index contributed by atoms with van der Waals surface area (Å²) in [5, 5.41) is 16.5. The molecular formula is C27H47N3O5. The summed E-state index contributed by atoms with van der Waals surface area (Å²) in [6, 6.07) is -1.44. The maximum atomic E-state index is 14.1. The van der Waals surface area contributed by atoms with Crippen LogP contribution in [0, 0.1) is 23.2 Å². The van der Waals surface area contributed by atoms with Gasteiger partial charge in [-0.1, -0.05) is 41.5 Å². The zero-order chi connectivity index (χ0) is 26.6. The Balaban J connectivity index is 2.06. The Morgan fingerprint density at radius 2 is 1.80 bits per heavy atom. The highest BCUT2D eigenvalue weighted by atomic mass is 16.5. The van der Waals surface area contributed by atoms with Gasteiger partial charge in [0.25, 0.3) is 0 Å². The van der Waals surface area contributed by atoms with Crippen molar-refractivity contribution in [3.8, 4) is 0 Å². The molecule has 8 heteroatoms. The molecule has 0 aromatic rings. The molecule has 3 aliphatic heterocycles. The molecule has 0 aromatic heterocycles. The molecule has 3 heterocycles. The van der Waals surface area contributed by atoms with Crippen LogP contribution in [0.15, 0.2) is 0 Å². The molecule has 3 aliphatic rings. The summed E-state index contributed by atoms with van der Waals surface area (Å²) >= 11 is 0. The highest BCUT2D eigenvalue weighted by Gasteiger charge is 2.78. The first-order valence-electron chi connectivity index (χ1n) is 13.3. The van der Waals surface area contributed by atoms with Crippen molar-refractivity contribution in [3.05, 3.63) is 0 Å². The van der Waals surface area contributed by atoms with Gasteiger partial charge in [0.15, 0.2) is 0 Å². The molecule has 0 radical (unpaired) electrons. The number of hydrogen-bond donors (Lipinski definition) is 3. The lowest BCUT2D eigenvalue weighted by molar-refractivity contribution is -0.151. The van der Waals surface area contributed by atoms with Crippen molar-refractivity contribution >= 4 is 17.7 Å². The van der Waals surface area contributed by atoms with Gasteiger partial charge in [0.2, 0.25) is 17.7 Å². The van der Waals surface area contributed by atoms with Gasteiger partial charge in [-0.25, -0.2) is 0 Å². The largest absolute Gasteiger partial charge is 0.394 e. The van der Waals surface area contributed by atoms with Crippen LogP contribution in [0.3, 0.4) is 0 Å². The van der Waals surface area contributed by atoms with Gasteiger partial charge in [-0.05, 0) is 57.8 Å². The van der Waals surface area contributed by atoms with Crippen LogP contribution in [0.5, 0.6) is 0 Å². The molecule has 35 heavy (non-hydrogen) atoms. The molecule has 2 unspecified atom stereocenters. The van der Waals surface area contributed by atoms with E-state index in [9.17, 15) is 19.5 Å². The van der Waals surface area contributed by atoms with Gasteiger partial charge in [-0.2, -0.15) is 0 Å². The standard InChI is InChI=1S/C27H47N3O5/c1-10-13-28-21(32)18-19-23(34)30(17(14-31)16(2)3)20(27(19)12-11-26(18,9)35-27)22(33)29-25(7,8)15-24(4,5)6/h16-20,31H,10-15H2,1-9H3,(H,28,32)(H,29,33)/t17-,18-,19-,20?,26+,27?/m0/s1. The normalized spacial score (nSPS) is 33.3. The van der Waals surface area contributed by atoms with Crippen molar-refractivity contribution < 1.29 is 24.2 Å². The number of rotatable bonds is 9. The van der Waals surface area contributed by atoms with Gasteiger partial charge >= 0.3 is 0 Å². The maximum Gasteiger partial charge on any atom is 0.246 e. The van der Waals surface area contributed by atoms with Gasteiger partial charge in [-0.15, -0.1) is 0 Å². The monoisotopic (exact) mass is 493 g/mol. The fourth-order valence-electron chi connectivity index (χ4n) is 7.17. The Morgan fingerprint density at radius 1 is 1.17 bits per heavy atom. The average Bonchev–Trinajstić information content (AvgIpc) is 3.25. The molecule has 200 valence electrons. The van der Waals surface area contributed by atoms with Gasteiger partial charge in [-0.3, -0.25) is 14.4 Å². The number of aliphatic hydroxyl groups is 1. The summed E-state index contributed by atoms with van der Waals surface area (Å²) < 4.78 is 6.64. The minimum Gasteiger partial charge on any atom is -0.394 e. The molecule has 3 saturated heterocycles. The molecule has 6 atom stereocenters. The van der Waals surface area contributed by atoms with E-state index in [2.05, 4.69) is 31.4 Å². The lowest BCUT2D eigenvalue weighted by Gasteiger charge is -2.41. The zero-order valence-electron chi connectivity index (χ0n) is 23.2. The van der Waals surface area contributed by atoms with Gasteiger partial charge in [0, 0.05) is 12.1 Å². The predicted octanol–water partition coefficient (Wildman–Crippen LogP) is 2.63. The fourth-order valence-corrected chi connectivity index (χ4v) is 7.17. The Hall–Kier alpha value is -1.67. The molecule has 3 rings (SSSR count). The number of aliphatic hydroxyl groups excluding tert-OH is 1. The first-order chi connectivity index (χ1) is 16.0. The molecule has 1 spiro atoms. The molecule has 0 aromatic carbocycles. The zero-order valence-corrected chi connectivity index (χ0v) is 23.2. The van der Waals surface area contributed by atoms with Crippen LogP contribution in [-0.4, -0.2) is 69.7 Å². The third-order valence-corrected chi connectivity index (χ3v) is 8.04. The number of ether oxygens (including phenoxy) is 1. The van der Waals surface area contributed by atoms with E-state index in [0.29, 0.717) is 19.4 Å². The second kappa shape index (κ2) is 9.33. The van der Waals surface area contributed by atoms with Crippen molar-refractivity contribution in [2.45, 2.75) is 117 Å². The molecule has 3 N–H and O–H groups in total. The van der Waals surface area contributed by atoms with E-state index in [-0.39, 0.29) is 35.7 Å². The number of fused-ring (bicyclic) bond motifs is 1. The number of carbonyl (C=O) groups excluding carboxylic acids is 3. The molecule has 0 saturated carbocycles. The van der Waals surface area contributed by atoms with Gasteiger partial charge in [0.05, 0.1) is 30.1 Å². The lowest BCUT2D eigenvalue weighted by atomic mass is 9.66.